The van der Waals surface area contributed by atoms with Crippen molar-refractivity contribution in [3.8, 4) is 5.75 Å². The minimum atomic E-state index is -0.360. The van der Waals surface area contributed by atoms with Gasteiger partial charge in [-0.3, -0.25) is 4.98 Å². The molecule has 0 saturated carbocycles. The molecule has 0 saturated heterocycles. The number of ether oxygens (including phenoxy) is 1. The number of fused-ring (bicyclic) bond motifs is 1. The molecular weight excluding hydrogens is 250 g/mol. The first kappa shape index (κ1) is 12.4. The van der Waals surface area contributed by atoms with E-state index in [1.807, 2.05) is 49.4 Å². The predicted molar refractivity (Wildman–Crippen MR) is 77.9 cm³/mol. The number of pyridine rings is 1. The molecule has 0 aliphatic carbocycles. The fourth-order valence-electron chi connectivity index (χ4n) is 2.12. The zero-order chi connectivity index (χ0) is 13.9. The van der Waals surface area contributed by atoms with Crippen molar-refractivity contribution in [2.75, 3.05) is 0 Å². The molecule has 0 N–H and O–H groups in total. The lowest BCUT2D eigenvalue weighted by Gasteiger charge is -2.08. The first-order valence-corrected chi connectivity index (χ1v) is 6.37. The number of aryl methyl sites for hydroxylation is 1. The van der Waals surface area contributed by atoms with Gasteiger partial charge in [-0.25, -0.2) is 4.79 Å². The summed E-state index contributed by atoms with van der Waals surface area (Å²) in [6.45, 7) is 1.89. The standard InChI is InChI=1S/C17H13NO2/c1-12-6-2-3-9-14(12)17(19)20-15-10-4-7-13-8-5-11-18-16(13)15/h2-11H,1H3. The summed E-state index contributed by atoms with van der Waals surface area (Å²) in [5.74, 6) is 0.123. The van der Waals surface area contributed by atoms with Gasteiger partial charge in [-0.15, -0.1) is 0 Å². The Hall–Kier alpha value is -2.68. The summed E-state index contributed by atoms with van der Waals surface area (Å²) >= 11 is 0. The SMILES string of the molecule is Cc1ccccc1C(=O)Oc1cccc2cccnc12. The van der Waals surface area contributed by atoms with Gasteiger partial charge in [-0.2, -0.15) is 0 Å². The van der Waals surface area contributed by atoms with Crippen LogP contribution in [0, 0.1) is 6.92 Å². The number of nitrogens with zero attached hydrogens (tertiary/aromatic N) is 1. The summed E-state index contributed by atoms with van der Waals surface area (Å²) < 4.78 is 5.49. The van der Waals surface area contributed by atoms with Crippen LogP contribution in [0.3, 0.4) is 0 Å². The van der Waals surface area contributed by atoms with Gasteiger partial charge in [0.1, 0.15) is 5.52 Å². The molecule has 0 radical (unpaired) electrons. The third kappa shape index (κ3) is 2.26. The minimum absolute atomic E-state index is 0.360. The van der Waals surface area contributed by atoms with Crippen LogP contribution in [0.2, 0.25) is 0 Å². The molecule has 0 atom stereocenters. The van der Waals surface area contributed by atoms with E-state index in [0.717, 1.165) is 10.9 Å². The van der Waals surface area contributed by atoms with Crippen LogP contribution in [0.1, 0.15) is 15.9 Å². The second-order valence-corrected chi connectivity index (χ2v) is 4.54. The monoisotopic (exact) mass is 263 g/mol. The van der Waals surface area contributed by atoms with Crippen molar-refractivity contribution in [2.24, 2.45) is 0 Å². The van der Waals surface area contributed by atoms with Crippen LogP contribution in [0.4, 0.5) is 0 Å². The van der Waals surface area contributed by atoms with Crippen molar-refractivity contribution in [1.29, 1.82) is 0 Å². The van der Waals surface area contributed by atoms with Gasteiger partial charge in [0, 0.05) is 11.6 Å². The van der Waals surface area contributed by atoms with Gasteiger partial charge in [-0.05, 0) is 30.7 Å². The number of carbonyl (C=O) groups excluding carboxylic acids is 1. The second-order valence-electron chi connectivity index (χ2n) is 4.54. The molecule has 3 heteroatoms. The van der Waals surface area contributed by atoms with E-state index in [9.17, 15) is 4.79 Å². The molecule has 3 rings (SSSR count). The van der Waals surface area contributed by atoms with E-state index in [0.29, 0.717) is 16.8 Å². The maximum Gasteiger partial charge on any atom is 0.343 e. The molecule has 1 heterocycles. The fourth-order valence-corrected chi connectivity index (χ4v) is 2.12. The zero-order valence-corrected chi connectivity index (χ0v) is 11.0. The average molecular weight is 263 g/mol. The summed E-state index contributed by atoms with van der Waals surface area (Å²) in [5, 5.41) is 0.947. The third-order valence-corrected chi connectivity index (χ3v) is 3.16. The van der Waals surface area contributed by atoms with Crippen LogP contribution in [0.5, 0.6) is 5.75 Å². The number of hydrogen-bond acceptors (Lipinski definition) is 3. The van der Waals surface area contributed by atoms with Gasteiger partial charge in [-0.1, -0.05) is 36.4 Å². The van der Waals surface area contributed by atoms with E-state index >= 15 is 0 Å². The van der Waals surface area contributed by atoms with Gasteiger partial charge < -0.3 is 4.74 Å². The van der Waals surface area contributed by atoms with Crippen molar-refractivity contribution < 1.29 is 9.53 Å². The lowest BCUT2D eigenvalue weighted by Crippen LogP contribution is -2.10. The highest BCUT2D eigenvalue weighted by Crippen LogP contribution is 2.24. The summed E-state index contributed by atoms with van der Waals surface area (Å²) in [6.07, 6.45) is 1.69. The molecule has 0 aliphatic rings. The summed E-state index contributed by atoms with van der Waals surface area (Å²) in [7, 11) is 0. The van der Waals surface area contributed by atoms with Gasteiger partial charge in [0.05, 0.1) is 5.56 Å². The van der Waals surface area contributed by atoms with E-state index in [-0.39, 0.29) is 5.97 Å². The lowest BCUT2D eigenvalue weighted by molar-refractivity contribution is 0.0736. The average Bonchev–Trinajstić information content (AvgIpc) is 2.48. The number of esters is 1. The molecule has 3 nitrogen and oxygen atoms in total. The van der Waals surface area contributed by atoms with Gasteiger partial charge in [0.15, 0.2) is 5.75 Å². The van der Waals surface area contributed by atoms with Crippen molar-refractivity contribution in [2.45, 2.75) is 6.92 Å². The van der Waals surface area contributed by atoms with Crippen LogP contribution < -0.4 is 4.74 Å². The Kier molecular flexibility index (Phi) is 3.17. The van der Waals surface area contributed by atoms with Crippen LogP contribution in [-0.4, -0.2) is 11.0 Å². The molecule has 20 heavy (non-hydrogen) atoms. The Labute approximate surface area is 116 Å². The third-order valence-electron chi connectivity index (χ3n) is 3.16. The summed E-state index contributed by atoms with van der Waals surface area (Å²) in [4.78, 5) is 16.5. The molecule has 2 aromatic carbocycles. The number of benzene rings is 2. The number of carbonyl (C=O) groups is 1. The molecule has 3 aromatic rings. The highest BCUT2D eigenvalue weighted by molar-refractivity contribution is 5.95. The Bertz CT molecular complexity index is 775. The quantitative estimate of drug-likeness (QED) is 0.522. The van der Waals surface area contributed by atoms with Crippen molar-refractivity contribution in [3.05, 3.63) is 71.9 Å². The molecule has 98 valence electrons. The number of para-hydroxylation sites is 1. The Morgan fingerprint density at radius 2 is 1.80 bits per heavy atom. The van der Waals surface area contributed by atoms with Gasteiger partial charge in [0.25, 0.3) is 0 Å². The maximum absolute atomic E-state index is 12.2. The van der Waals surface area contributed by atoms with Crippen LogP contribution in [0.25, 0.3) is 10.9 Å². The van der Waals surface area contributed by atoms with Crippen molar-refractivity contribution in [1.82, 2.24) is 4.98 Å². The predicted octanol–water partition coefficient (Wildman–Crippen LogP) is 3.76. The normalized spacial score (nSPS) is 10.4. The maximum atomic E-state index is 12.2. The molecule has 0 unspecified atom stereocenters. The van der Waals surface area contributed by atoms with Crippen LogP contribution in [-0.2, 0) is 0 Å². The van der Waals surface area contributed by atoms with E-state index < -0.39 is 0 Å². The largest absolute Gasteiger partial charge is 0.421 e. The summed E-state index contributed by atoms with van der Waals surface area (Å²) in [5.41, 5.74) is 2.16. The lowest BCUT2D eigenvalue weighted by atomic mass is 10.1. The number of hydrogen-bond donors (Lipinski definition) is 0. The number of rotatable bonds is 2. The smallest absolute Gasteiger partial charge is 0.343 e. The Morgan fingerprint density at radius 1 is 1.00 bits per heavy atom. The first-order valence-electron chi connectivity index (χ1n) is 6.37. The highest BCUT2D eigenvalue weighted by atomic mass is 16.5. The van der Waals surface area contributed by atoms with Crippen LogP contribution in [0.15, 0.2) is 60.8 Å². The van der Waals surface area contributed by atoms with E-state index in [1.165, 1.54) is 0 Å². The molecule has 0 aliphatic heterocycles. The Balaban J connectivity index is 1.98. The van der Waals surface area contributed by atoms with Crippen molar-refractivity contribution in [3.63, 3.8) is 0 Å². The van der Waals surface area contributed by atoms with Gasteiger partial charge in [0.2, 0.25) is 0 Å². The molecular formula is C17H13NO2. The molecule has 0 spiro atoms. The van der Waals surface area contributed by atoms with Crippen molar-refractivity contribution >= 4 is 16.9 Å². The first-order chi connectivity index (χ1) is 9.75. The highest BCUT2D eigenvalue weighted by Gasteiger charge is 2.12. The van der Waals surface area contributed by atoms with E-state index in [2.05, 4.69) is 4.98 Å². The zero-order valence-electron chi connectivity index (χ0n) is 11.0. The second kappa shape index (κ2) is 5.13. The fraction of sp³-hybridized carbons (Fsp3) is 0.0588. The molecule has 0 fully saturated rings. The summed E-state index contributed by atoms with van der Waals surface area (Å²) in [6, 6.07) is 16.7. The van der Waals surface area contributed by atoms with Crippen LogP contribution >= 0.6 is 0 Å². The molecule has 0 amide bonds. The minimum Gasteiger partial charge on any atom is -0.421 e. The van der Waals surface area contributed by atoms with Gasteiger partial charge >= 0.3 is 5.97 Å². The van der Waals surface area contributed by atoms with E-state index in [1.54, 1.807) is 18.3 Å². The Morgan fingerprint density at radius 3 is 2.65 bits per heavy atom. The topological polar surface area (TPSA) is 39.2 Å². The number of aromatic nitrogens is 1. The molecule has 1 aromatic heterocycles. The molecule has 0 bridgehead atoms. The van der Waals surface area contributed by atoms with E-state index in [4.69, 9.17) is 4.74 Å².